The molecule has 0 aliphatic carbocycles. The first-order valence-electron chi connectivity index (χ1n) is 6.79. The fraction of sp³-hybridized carbons (Fsp3) is 0.600. The summed E-state index contributed by atoms with van der Waals surface area (Å²) in [5.74, 6) is 0.943. The van der Waals surface area contributed by atoms with Gasteiger partial charge in [-0.05, 0) is 37.0 Å². The minimum atomic E-state index is 0.179. The average Bonchev–Trinajstić information content (AvgIpc) is 3.01. The highest BCUT2D eigenvalue weighted by molar-refractivity contribution is 5.28. The van der Waals surface area contributed by atoms with Crippen LogP contribution in [-0.4, -0.2) is 37.3 Å². The highest BCUT2D eigenvalue weighted by atomic mass is 16.5. The molecule has 0 amide bonds. The lowest BCUT2D eigenvalue weighted by molar-refractivity contribution is 0.0122. The van der Waals surface area contributed by atoms with E-state index in [1.165, 1.54) is 24.8 Å². The van der Waals surface area contributed by atoms with Crippen LogP contribution in [0.25, 0.3) is 0 Å². The van der Waals surface area contributed by atoms with Gasteiger partial charge < -0.3 is 9.47 Å². The SMILES string of the molecule is COc1cccc(CN2CCC3(CCCO3)C2)c1. The summed E-state index contributed by atoms with van der Waals surface area (Å²) in [6.07, 6.45) is 3.66. The fourth-order valence-corrected chi connectivity index (χ4v) is 3.17. The van der Waals surface area contributed by atoms with Crippen LogP contribution in [0.1, 0.15) is 24.8 Å². The highest BCUT2D eigenvalue weighted by Crippen LogP contribution is 2.35. The molecule has 0 aromatic heterocycles. The summed E-state index contributed by atoms with van der Waals surface area (Å²) < 4.78 is 11.2. The number of benzene rings is 1. The molecule has 3 rings (SSSR count). The fourth-order valence-electron chi connectivity index (χ4n) is 3.17. The molecule has 18 heavy (non-hydrogen) atoms. The Morgan fingerprint density at radius 1 is 1.39 bits per heavy atom. The molecule has 0 N–H and O–H groups in total. The average molecular weight is 247 g/mol. The van der Waals surface area contributed by atoms with Crippen LogP contribution in [0.3, 0.4) is 0 Å². The molecule has 1 unspecified atom stereocenters. The van der Waals surface area contributed by atoms with Crippen molar-refractivity contribution < 1.29 is 9.47 Å². The van der Waals surface area contributed by atoms with Crippen molar-refractivity contribution in [3.63, 3.8) is 0 Å². The molecule has 2 aliphatic rings. The summed E-state index contributed by atoms with van der Waals surface area (Å²) in [5.41, 5.74) is 1.50. The van der Waals surface area contributed by atoms with Crippen molar-refractivity contribution in [3.8, 4) is 5.75 Å². The van der Waals surface area contributed by atoms with Gasteiger partial charge in [0.15, 0.2) is 0 Å². The van der Waals surface area contributed by atoms with E-state index >= 15 is 0 Å². The minimum Gasteiger partial charge on any atom is -0.497 e. The maximum absolute atomic E-state index is 5.95. The van der Waals surface area contributed by atoms with Crippen LogP contribution in [0.15, 0.2) is 24.3 Å². The van der Waals surface area contributed by atoms with E-state index in [9.17, 15) is 0 Å². The molecule has 1 atom stereocenters. The van der Waals surface area contributed by atoms with Crippen LogP contribution in [0.2, 0.25) is 0 Å². The zero-order valence-corrected chi connectivity index (χ0v) is 11.0. The molecule has 2 fully saturated rings. The first-order valence-corrected chi connectivity index (χ1v) is 6.79. The van der Waals surface area contributed by atoms with Crippen LogP contribution in [0.4, 0.5) is 0 Å². The molecule has 2 heterocycles. The summed E-state index contributed by atoms with van der Waals surface area (Å²) in [6, 6.07) is 8.35. The van der Waals surface area contributed by atoms with Crippen molar-refractivity contribution in [3.05, 3.63) is 29.8 Å². The number of nitrogens with zero attached hydrogens (tertiary/aromatic N) is 1. The maximum atomic E-state index is 5.95. The molecule has 3 heteroatoms. The van der Waals surface area contributed by atoms with E-state index in [0.29, 0.717) is 0 Å². The normalized spacial score (nSPS) is 28.1. The summed E-state index contributed by atoms with van der Waals surface area (Å²) in [7, 11) is 1.72. The molecule has 2 aliphatic heterocycles. The van der Waals surface area contributed by atoms with Gasteiger partial charge in [0.2, 0.25) is 0 Å². The number of likely N-dealkylation sites (tertiary alicyclic amines) is 1. The van der Waals surface area contributed by atoms with Crippen molar-refractivity contribution in [1.29, 1.82) is 0 Å². The lowest BCUT2D eigenvalue weighted by atomic mass is 10.00. The topological polar surface area (TPSA) is 21.7 Å². The second-order valence-corrected chi connectivity index (χ2v) is 5.45. The Labute approximate surface area is 109 Å². The third kappa shape index (κ3) is 2.38. The van der Waals surface area contributed by atoms with E-state index in [2.05, 4.69) is 23.1 Å². The van der Waals surface area contributed by atoms with Gasteiger partial charge in [0.25, 0.3) is 0 Å². The van der Waals surface area contributed by atoms with Gasteiger partial charge in [-0.1, -0.05) is 12.1 Å². The van der Waals surface area contributed by atoms with Crippen LogP contribution in [-0.2, 0) is 11.3 Å². The lowest BCUT2D eigenvalue weighted by Crippen LogP contribution is -2.32. The Morgan fingerprint density at radius 3 is 3.11 bits per heavy atom. The molecule has 0 bridgehead atoms. The van der Waals surface area contributed by atoms with Gasteiger partial charge in [0.1, 0.15) is 5.75 Å². The molecule has 0 saturated carbocycles. The molecule has 1 aromatic rings. The second-order valence-electron chi connectivity index (χ2n) is 5.45. The predicted molar refractivity (Wildman–Crippen MR) is 70.8 cm³/mol. The Morgan fingerprint density at radius 2 is 2.33 bits per heavy atom. The van der Waals surface area contributed by atoms with E-state index in [0.717, 1.165) is 32.0 Å². The summed E-state index contributed by atoms with van der Waals surface area (Å²) in [5, 5.41) is 0. The van der Waals surface area contributed by atoms with Crippen molar-refractivity contribution in [2.45, 2.75) is 31.4 Å². The van der Waals surface area contributed by atoms with Crippen molar-refractivity contribution >= 4 is 0 Å². The van der Waals surface area contributed by atoms with Gasteiger partial charge in [0, 0.05) is 26.2 Å². The zero-order valence-electron chi connectivity index (χ0n) is 11.0. The van der Waals surface area contributed by atoms with Gasteiger partial charge >= 0.3 is 0 Å². The Balaban J connectivity index is 1.63. The van der Waals surface area contributed by atoms with Crippen molar-refractivity contribution in [1.82, 2.24) is 4.90 Å². The van der Waals surface area contributed by atoms with Crippen LogP contribution in [0.5, 0.6) is 5.75 Å². The number of methoxy groups -OCH3 is 1. The van der Waals surface area contributed by atoms with Crippen LogP contribution in [0, 0.1) is 0 Å². The molecule has 1 spiro atoms. The maximum Gasteiger partial charge on any atom is 0.119 e. The van der Waals surface area contributed by atoms with Gasteiger partial charge in [0.05, 0.1) is 12.7 Å². The molecular formula is C15H21NO2. The predicted octanol–water partition coefficient (Wildman–Crippen LogP) is 2.45. The summed E-state index contributed by atoms with van der Waals surface area (Å²) in [4.78, 5) is 2.50. The Bertz CT molecular complexity index is 413. The molecule has 3 nitrogen and oxygen atoms in total. The smallest absolute Gasteiger partial charge is 0.119 e. The van der Waals surface area contributed by atoms with Crippen molar-refractivity contribution in [2.75, 3.05) is 26.8 Å². The minimum absolute atomic E-state index is 0.179. The number of hydrogen-bond donors (Lipinski definition) is 0. The second kappa shape index (κ2) is 4.90. The highest BCUT2D eigenvalue weighted by Gasteiger charge is 2.41. The standard InChI is InChI=1S/C15H21NO2/c1-17-14-5-2-4-13(10-14)11-16-8-7-15(12-16)6-3-9-18-15/h2,4-5,10H,3,6-9,11-12H2,1H3. The molecular weight excluding hydrogens is 226 g/mol. The van der Waals surface area contributed by atoms with E-state index in [1.54, 1.807) is 7.11 Å². The van der Waals surface area contributed by atoms with E-state index < -0.39 is 0 Å². The number of ether oxygens (including phenoxy) is 2. The van der Waals surface area contributed by atoms with E-state index in [1.807, 2.05) is 6.07 Å². The number of rotatable bonds is 3. The third-order valence-electron chi connectivity index (χ3n) is 4.12. The molecule has 2 saturated heterocycles. The zero-order chi connectivity index (χ0) is 12.4. The van der Waals surface area contributed by atoms with Gasteiger partial charge in [-0.25, -0.2) is 0 Å². The summed E-state index contributed by atoms with van der Waals surface area (Å²) >= 11 is 0. The number of hydrogen-bond acceptors (Lipinski definition) is 3. The summed E-state index contributed by atoms with van der Waals surface area (Å²) in [6.45, 7) is 4.19. The van der Waals surface area contributed by atoms with Gasteiger partial charge in [-0.15, -0.1) is 0 Å². The Kier molecular flexibility index (Phi) is 3.27. The quantitative estimate of drug-likeness (QED) is 0.819. The third-order valence-corrected chi connectivity index (χ3v) is 4.12. The largest absolute Gasteiger partial charge is 0.497 e. The lowest BCUT2D eigenvalue weighted by Gasteiger charge is -2.23. The van der Waals surface area contributed by atoms with Crippen LogP contribution >= 0.6 is 0 Å². The first-order chi connectivity index (χ1) is 8.80. The van der Waals surface area contributed by atoms with E-state index in [4.69, 9.17) is 9.47 Å². The monoisotopic (exact) mass is 247 g/mol. The van der Waals surface area contributed by atoms with Gasteiger partial charge in [-0.2, -0.15) is 0 Å². The molecule has 0 radical (unpaired) electrons. The van der Waals surface area contributed by atoms with E-state index in [-0.39, 0.29) is 5.60 Å². The van der Waals surface area contributed by atoms with Crippen molar-refractivity contribution in [2.24, 2.45) is 0 Å². The van der Waals surface area contributed by atoms with Crippen LogP contribution < -0.4 is 4.74 Å². The Hall–Kier alpha value is -1.06. The molecule has 98 valence electrons. The molecule has 1 aromatic carbocycles. The first kappa shape index (κ1) is 12.0. The van der Waals surface area contributed by atoms with Gasteiger partial charge in [-0.3, -0.25) is 4.90 Å².